The summed E-state index contributed by atoms with van der Waals surface area (Å²) in [6, 6.07) is 5.06. The molecule has 18 heavy (non-hydrogen) atoms. The number of nitrogens with zero attached hydrogens (tertiary/aromatic N) is 2. The molecular formula is C12H15Cl2N3O. The molecule has 0 bridgehead atoms. The van der Waals surface area contributed by atoms with Gasteiger partial charge in [0.05, 0.1) is 17.7 Å². The molecule has 1 aromatic heterocycles. The molecular weight excluding hydrogens is 273 g/mol. The second-order valence-corrected chi connectivity index (χ2v) is 4.30. The molecule has 4 nitrogen and oxygen atoms in total. The second kappa shape index (κ2) is 6.20. The molecule has 1 unspecified atom stereocenters. The zero-order chi connectivity index (χ0) is 12.4. The largest absolute Gasteiger partial charge is 0.394 e. The normalized spacial score (nSPS) is 12.0. The summed E-state index contributed by atoms with van der Waals surface area (Å²) < 4.78 is 1.88. The van der Waals surface area contributed by atoms with Crippen LogP contribution in [0.15, 0.2) is 30.6 Å². The van der Waals surface area contributed by atoms with E-state index in [2.05, 4.69) is 4.98 Å². The van der Waals surface area contributed by atoms with E-state index in [9.17, 15) is 0 Å². The van der Waals surface area contributed by atoms with E-state index in [-0.39, 0.29) is 19.0 Å². The summed E-state index contributed by atoms with van der Waals surface area (Å²) >= 11 is 6.15. The van der Waals surface area contributed by atoms with E-state index in [0.29, 0.717) is 5.02 Å². The van der Waals surface area contributed by atoms with E-state index in [4.69, 9.17) is 22.4 Å². The molecule has 0 fully saturated rings. The lowest BCUT2D eigenvalue weighted by Crippen LogP contribution is -2.14. The Balaban J connectivity index is 0.00000162. The fraction of sp³-hybridized carbons (Fsp3) is 0.250. The smallest absolute Gasteiger partial charge is 0.141 e. The number of rotatable bonds is 3. The van der Waals surface area contributed by atoms with Gasteiger partial charge in [-0.15, -0.1) is 12.4 Å². The fourth-order valence-corrected chi connectivity index (χ4v) is 1.88. The van der Waals surface area contributed by atoms with Crippen LogP contribution in [0.3, 0.4) is 0 Å². The molecule has 1 aromatic carbocycles. The van der Waals surface area contributed by atoms with Crippen molar-refractivity contribution in [2.24, 2.45) is 12.8 Å². The minimum Gasteiger partial charge on any atom is -0.394 e. The summed E-state index contributed by atoms with van der Waals surface area (Å²) in [5, 5.41) is 9.67. The lowest BCUT2D eigenvalue weighted by Gasteiger charge is -2.11. The maximum Gasteiger partial charge on any atom is 0.141 e. The topological polar surface area (TPSA) is 64.1 Å². The predicted octanol–water partition coefficient (Wildman–Crippen LogP) is 2.15. The number of hydrogen-bond donors (Lipinski definition) is 2. The van der Waals surface area contributed by atoms with Gasteiger partial charge in [-0.3, -0.25) is 0 Å². The first kappa shape index (κ1) is 15.0. The van der Waals surface area contributed by atoms with Crippen LogP contribution >= 0.6 is 24.0 Å². The van der Waals surface area contributed by atoms with Gasteiger partial charge >= 0.3 is 0 Å². The first-order valence-electron chi connectivity index (χ1n) is 5.27. The van der Waals surface area contributed by atoms with E-state index in [1.165, 1.54) is 0 Å². The lowest BCUT2D eigenvalue weighted by atomic mass is 10.0. The number of benzene rings is 1. The summed E-state index contributed by atoms with van der Waals surface area (Å²) in [7, 11) is 1.90. The number of aliphatic hydroxyl groups excluding tert-OH is 1. The number of imidazole rings is 1. The van der Waals surface area contributed by atoms with Crippen LogP contribution < -0.4 is 5.73 Å². The molecule has 0 aliphatic rings. The fourth-order valence-electron chi connectivity index (χ4n) is 1.68. The molecule has 6 heteroatoms. The Labute approximate surface area is 117 Å². The lowest BCUT2D eigenvalue weighted by molar-refractivity contribution is 0.268. The third-order valence-corrected chi connectivity index (χ3v) is 3.01. The number of nitrogens with two attached hydrogens (primary N) is 1. The molecule has 0 saturated heterocycles. The first-order chi connectivity index (χ1) is 8.13. The molecule has 0 spiro atoms. The van der Waals surface area contributed by atoms with Crippen molar-refractivity contribution < 1.29 is 5.11 Å². The monoisotopic (exact) mass is 287 g/mol. The predicted molar refractivity (Wildman–Crippen MR) is 74.9 cm³/mol. The molecule has 0 radical (unpaired) electrons. The third kappa shape index (κ3) is 2.84. The second-order valence-electron chi connectivity index (χ2n) is 3.89. The van der Waals surface area contributed by atoms with Crippen molar-refractivity contribution in [3.63, 3.8) is 0 Å². The number of hydrogen-bond acceptors (Lipinski definition) is 3. The summed E-state index contributed by atoms with van der Waals surface area (Å²) in [5.41, 5.74) is 7.45. The molecule has 0 aliphatic heterocycles. The summed E-state index contributed by atoms with van der Waals surface area (Å²) in [6.45, 7) is -0.0956. The van der Waals surface area contributed by atoms with Gasteiger partial charge in [0, 0.05) is 25.0 Å². The van der Waals surface area contributed by atoms with Gasteiger partial charge in [-0.05, 0) is 17.7 Å². The van der Waals surface area contributed by atoms with E-state index in [0.717, 1.165) is 17.0 Å². The van der Waals surface area contributed by atoms with Gasteiger partial charge in [0.1, 0.15) is 5.82 Å². The van der Waals surface area contributed by atoms with E-state index in [1.54, 1.807) is 12.3 Å². The van der Waals surface area contributed by atoms with Crippen LogP contribution in [-0.4, -0.2) is 21.3 Å². The van der Waals surface area contributed by atoms with Crippen molar-refractivity contribution in [3.8, 4) is 11.4 Å². The molecule has 0 saturated carbocycles. The summed E-state index contributed by atoms with van der Waals surface area (Å²) in [6.07, 6.45) is 3.56. The Bertz CT molecular complexity index is 528. The van der Waals surface area contributed by atoms with Crippen molar-refractivity contribution in [2.45, 2.75) is 6.04 Å². The van der Waals surface area contributed by atoms with Gasteiger partial charge in [0.2, 0.25) is 0 Å². The molecule has 2 aromatic rings. The van der Waals surface area contributed by atoms with Crippen molar-refractivity contribution in [3.05, 3.63) is 41.2 Å². The van der Waals surface area contributed by atoms with Crippen molar-refractivity contribution in [1.29, 1.82) is 0 Å². The maximum absolute atomic E-state index is 9.05. The van der Waals surface area contributed by atoms with Crippen LogP contribution in [-0.2, 0) is 7.05 Å². The Morgan fingerprint density at radius 2 is 2.22 bits per heavy atom. The quantitative estimate of drug-likeness (QED) is 0.909. The molecule has 2 rings (SSSR count). The zero-order valence-electron chi connectivity index (χ0n) is 9.88. The molecule has 0 amide bonds. The van der Waals surface area contributed by atoms with Gasteiger partial charge in [0.15, 0.2) is 0 Å². The Morgan fingerprint density at radius 1 is 1.50 bits per heavy atom. The third-order valence-electron chi connectivity index (χ3n) is 2.68. The van der Waals surface area contributed by atoms with Crippen LogP contribution in [0.2, 0.25) is 5.02 Å². The zero-order valence-corrected chi connectivity index (χ0v) is 11.4. The number of aliphatic hydroxyl groups is 1. The minimum atomic E-state index is -0.397. The van der Waals surface area contributed by atoms with Gasteiger partial charge < -0.3 is 15.4 Å². The van der Waals surface area contributed by atoms with E-state index < -0.39 is 6.04 Å². The van der Waals surface area contributed by atoms with Gasteiger partial charge in [0.25, 0.3) is 0 Å². The van der Waals surface area contributed by atoms with E-state index in [1.807, 2.05) is 29.9 Å². The highest BCUT2D eigenvalue weighted by molar-refractivity contribution is 6.33. The van der Waals surface area contributed by atoms with Crippen LogP contribution in [0, 0.1) is 0 Å². The average molecular weight is 288 g/mol. The Kier molecular flexibility index (Phi) is 5.16. The van der Waals surface area contributed by atoms with Crippen molar-refractivity contribution in [2.75, 3.05) is 6.61 Å². The van der Waals surface area contributed by atoms with Crippen LogP contribution in [0.1, 0.15) is 11.6 Å². The molecule has 3 N–H and O–H groups in total. The molecule has 1 heterocycles. The highest BCUT2D eigenvalue weighted by Gasteiger charge is 2.12. The Morgan fingerprint density at radius 3 is 2.78 bits per heavy atom. The molecule has 1 atom stereocenters. The first-order valence-corrected chi connectivity index (χ1v) is 5.65. The van der Waals surface area contributed by atoms with Crippen molar-refractivity contribution in [1.82, 2.24) is 9.55 Å². The van der Waals surface area contributed by atoms with Crippen LogP contribution in [0.4, 0.5) is 0 Å². The maximum atomic E-state index is 9.05. The van der Waals surface area contributed by atoms with Gasteiger partial charge in [-0.25, -0.2) is 4.98 Å². The SMILES string of the molecule is Cl.Cn1ccnc1-c1cc(C(N)CO)ccc1Cl. The van der Waals surface area contributed by atoms with Gasteiger partial charge in [-0.1, -0.05) is 17.7 Å². The summed E-state index contributed by atoms with van der Waals surface area (Å²) in [5.74, 6) is 0.780. The van der Waals surface area contributed by atoms with Crippen molar-refractivity contribution >= 4 is 24.0 Å². The van der Waals surface area contributed by atoms with E-state index >= 15 is 0 Å². The summed E-state index contributed by atoms with van der Waals surface area (Å²) in [4.78, 5) is 4.25. The van der Waals surface area contributed by atoms with Gasteiger partial charge in [-0.2, -0.15) is 0 Å². The standard InChI is InChI=1S/C12H14ClN3O.ClH/c1-16-5-4-15-12(16)9-6-8(11(14)7-17)2-3-10(9)13;/h2-6,11,17H,7,14H2,1H3;1H. The highest BCUT2D eigenvalue weighted by Crippen LogP contribution is 2.28. The number of aryl methyl sites for hydroxylation is 1. The molecule has 98 valence electrons. The number of halogens is 2. The number of aromatic nitrogens is 2. The van der Waals surface area contributed by atoms with Crippen LogP contribution in [0.25, 0.3) is 11.4 Å². The Hall–Kier alpha value is -1.07. The average Bonchev–Trinajstić information content (AvgIpc) is 2.75. The minimum absolute atomic E-state index is 0. The molecule has 0 aliphatic carbocycles. The van der Waals surface area contributed by atoms with Crippen LogP contribution in [0.5, 0.6) is 0 Å². The highest BCUT2D eigenvalue weighted by atomic mass is 35.5.